The van der Waals surface area contributed by atoms with Crippen molar-refractivity contribution < 1.29 is 4.74 Å². The van der Waals surface area contributed by atoms with Gasteiger partial charge in [-0.3, -0.25) is 0 Å². The fourth-order valence-electron chi connectivity index (χ4n) is 1.90. The van der Waals surface area contributed by atoms with Crippen molar-refractivity contribution >= 4 is 12.4 Å². The molecule has 0 saturated carbocycles. The molecule has 19 heavy (non-hydrogen) atoms. The molecule has 0 heterocycles. The molecule has 0 fully saturated rings. The minimum absolute atomic E-state index is 0. The molecule has 0 saturated heterocycles. The summed E-state index contributed by atoms with van der Waals surface area (Å²) in [5, 5.41) is 0. The third-order valence-electron chi connectivity index (χ3n) is 3.22. The lowest BCUT2D eigenvalue weighted by Crippen LogP contribution is -2.22. The van der Waals surface area contributed by atoms with Crippen molar-refractivity contribution in [1.82, 2.24) is 0 Å². The number of nitrogens with two attached hydrogens (primary N) is 1. The van der Waals surface area contributed by atoms with E-state index in [0.717, 1.165) is 31.6 Å². The number of rotatable bonds is 7. The highest BCUT2D eigenvalue weighted by atomic mass is 35.5. The first-order chi connectivity index (χ1) is 8.58. The monoisotopic (exact) mass is 285 g/mol. The summed E-state index contributed by atoms with van der Waals surface area (Å²) in [4.78, 5) is 0. The van der Waals surface area contributed by atoms with E-state index in [2.05, 4.69) is 45.9 Å². The summed E-state index contributed by atoms with van der Waals surface area (Å²) < 4.78 is 5.81. The van der Waals surface area contributed by atoms with Gasteiger partial charge in [-0.15, -0.1) is 12.4 Å². The molecule has 0 radical (unpaired) electrons. The maximum Gasteiger partial charge on any atom is 0.122 e. The molecule has 0 aliphatic rings. The van der Waals surface area contributed by atoms with E-state index in [-0.39, 0.29) is 18.4 Å². The molecule has 1 aromatic carbocycles. The first-order valence-electron chi connectivity index (χ1n) is 7.09. The SMILES string of the molecule is CCCOc1ccc(C(C)C)cc1CC(N)CC.Cl. The number of ether oxygens (including phenoxy) is 1. The fourth-order valence-corrected chi connectivity index (χ4v) is 1.90. The van der Waals surface area contributed by atoms with Crippen LogP contribution in [-0.4, -0.2) is 12.6 Å². The zero-order valence-corrected chi connectivity index (χ0v) is 13.4. The second-order valence-corrected chi connectivity index (χ2v) is 5.24. The van der Waals surface area contributed by atoms with Crippen molar-refractivity contribution in [2.24, 2.45) is 5.73 Å². The Morgan fingerprint density at radius 3 is 2.42 bits per heavy atom. The molecule has 1 aromatic rings. The molecule has 0 aliphatic carbocycles. The van der Waals surface area contributed by atoms with Crippen LogP contribution < -0.4 is 10.5 Å². The zero-order chi connectivity index (χ0) is 13.5. The lowest BCUT2D eigenvalue weighted by Gasteiger charge is -2.16. The molecule has 1 rings (SSSR count). The molecule has 2 nitrogen and oxygen atoms in total. The maximum atomic E-state index is 6.07. The van der Waals surface area contributed by atoms with Gasteiger partial charge in [-0.1, -0.05) is 39.8 Å². The highest BCUT2D eigenvalue weighted by Gasteiger charge is 2.10. The molecule has 110 valence electrons. The minimum Gasteiger partial charge on any atom is -0.493 e. The van der Waals surface area contributed by atoms with Gasteiger partial charge in [-0.05, 0) is 42.4 Å². The first-order valence-corrected chi connectivity index (χ1v) is 7.09. The van der Waals surface area contributed by atoms with Crippen LogP contribution in [0, 0.1) is 0 Å². The average molecular weight is 286 g/mol. The van der Waals surface area contributed by atoms with Crippen LogP contribution in [0.2, 0.25) is 0 Å². The highest BCUT2D eigenvalue weighted by molar-refractivity contribution is 5.85. The lowest BCUT2D eigenvalue weighted by molar-refractivity contribution is 0.313. The standard InChI is InChI=1S/C16H27NO.ClH/c1-5-9-18-16-8-7-13(12(3)4)10-14(16)11-15(17)6-2;/h7-8,10,12,15H,5-6,9,11,17H2,1-4H3;1H. The van der Waals surface area contributed by atoms with E-state index in [1.807, 2.05) is 0 Å². The normalized spacial score (nSPS) is 12.1. The Bertz CT molecular complexity index is 366. The summed E-state index contributed by atoms with van der Waals surface area (Å²) in [6, 6.07) is 6.74. The number of benzene rings is 1. The Hall–Kier alpha value is -0.730. The Morgan fingerprint density at radius 2 is 1.89 bits per heavy atom. The van der Waals surface area contributed by atoms with Gasteiger partial charge in [-0.2, -0.15) is 0 Å². The maximum absolute atomic E-state index is 6.07. The van der Waals surface area contributed by atoms with Crippen LogP contribution in [0.25, 0.3) is 0 Å². The quantitative estimate of drug-likeness (QED) is 0.811. The van der Waals surface area contributed by atoms with Crippen LogP contribution in [-0.2, 0) is 6.42 Å². The Kier molecular flexibility index (Phi) is 8.86. The van der Waals surface area contributed by atoms with E-state index in [1.54, 1.807) is 0 Å². The third-order valence-corrected chi connectivity index (χ3v) is 3.22. The highest BCUT2D eigenvalue weighted by Crippen LogP contribution is 2.25. The van der Waals surface area contributed by atoms with Crippen molar-refractivity contribution in [3.05, 3.63) is 29.3 Å². The van der Waals surface area contributed by atoms with Crippen LogP contribution in [0.15, 0.2) is 18.2 Å². The summed E-state index contributed by atoms with van der Waals surface area (Å²) in [7, 11) is 0. The van der Waals surface area contributed by atoms with Gasteiger partial charge in [0, 0.05) is 6.04 Å². The minimum atomic E-state index is 0. The van der Waals surface area contributed by atoms with Crippen molar-refractivity contribution in [2.75, 3.05) is 6.61 Å². The molecular formula is C16H28ClNO. The van der Waals surface area contributed by atoms with Gasteiger partial charge < -0.3 is 10.5 Å². The summed E-state index contributed by atoms with van der Waals surface area (Å²) >= 11 is 0. The number of hydrogen-bond acceptors (Lipinski definition) is 2. The van der Waals surface area contributed by atoms with Crippen molar-refractivity contribution in [2.45, 2.75) is 58.9 Å². The second kappa shape index (κ2) is 9.22. The molecule has 0 aromatic heterocycles. The number of hydrogen-bond donors (Lipinski definition) is 1. The van der Waals surface area contributed by atoms with Crippen LogP contribution in [0.5, 0.6) is 5.75 Å². The molecule has 0 spiro atoms. The average Bonchev–Trinajstić information content (AvgIpc) is 2.36. The number of halogens is 1. The van der Waals surface area contributed by atoms with E-state index in [9.17, 15) is 0 Å². The summed E-state index contributed by atoms with van der Waals surface area (Å²) in [6.45, 7) is 9.45. The summed E-state index contributed by atoms with van der Waals surface area (Å²) in [5.41, 5.74) is 8.69. The van der Waals surface area contributed by atoms with Crippen LogP contribution in [0.3, 0.4) is 0 Å². The predicted octanol–water partition coefficient (Wildman–Crippen LogP) is 4.30. The van der Waals surface area contributed by atoms with Gasteiger partial charge in [0.15, 0.2) is 0 Å². The molecular weight excluding hydrogens is 258 g/mol. The van der Waals surface area contributed by atoms with Crippen molar-refractivity contribution in [3.63, 3.8) is 0 Å². The lowest BCUT2D eigenvalue weighted by atomic mass is 9.96. The van der Waals surface area contributed by atoms with E-state index < -0.39 is 0 Å². The van der Waals surface area contributed by atoms with Gasteiger partial charge in [0.2, 0.25) is 0 Å². The Morgan fingerprint density at radius 1 is 1.21 bits per heavy atom. The topological polar surface area (TPSA) is 35.2 Å². The van der Waals surface area contributed by atoms with Gasteiger partial charge >= 0.3 is 0 Å². The molecule has 0 aliphatic heterocycles. The smallest absolute Gasteiger partial charge is 0.122 e. The molecule has 2 N–H and O–H groups in total. The molecule has 1 unspecified atom stereocenters. The van der Waals surface area contributed by atoms with Gasteiger partial charge in [-0.25, -0.2) is 0 Å². The molecule has 0 amide bonds. The molecule has 0 bridgehead atoms. The summed E-state index contributed by atoms with van der Waals surface area (Å²) in [6.07, 6.45) is 2.93. The Balaban J connectivity index is 0.00000324. The van der Waals surface area contributed by atoms with Crippen LogP contribution in [0.4, 0.5) is 0 Å². The van der Waals surface area contributed by atoms with E-state index in [1.165, 1.54) is 11.1 Å². The van der Waals surface area contributed by atoms with E-state index in [4.69, 9.17) is 10.5 Å². The zero-order valence-electron chi connectivity index (χ0n) is 12.6. The van der Waals surface area contributed by atoms with E-state index in [0.29, 0.717) is 5.92 Å². The second-order valence-electron chi connectivity index (χ2n) is 5.24. The van der Waals surface area contributed by atoms with E-state index >= 15 is 0 Å². The molecule has 3 heteroatoms. The molecule has 1 atom stereocenters. The first kappa shape index (κ1) is 18.3. The predicted molar refractivity (Wildman–Crippen MR) is 85.5 cm³/mol. The van der Waals surface area contributed by atoms with Crippen molar-refractivity contribution in [1.29, 1.82) is 0 Å². The van der Waals surface area contributed by atoms with Crippen LogP contribution in [0.1, 0.15) is 57.6 Å². The Labute approximate surface area is 124 Å². The van der Waals surface area contributed by atoms with Gasteiger partial charge in [0.25, 0.3) is 0 Å². The fraction of sp³-hybridized carbons (Fsp3) is 0.625. The van der Waals surface area contributed by atoms with Gasteiger partial charge in [0.1, 0.15) is 5.75 Å². The van der Waals surface area contributed by atoms with Gasteiger partial charge in [0.05, 0.1) is 6.61 Å². The van der Waals surface area contributed by atoms with Crippen molar-refractivity contribution in [3.8, 4) is 5.75 Å². The summed E-state index contributed by atoms with van der Waals surface area (Å²) in [5.74, 6) is 1.55. The third kappa shape index (κ3) is 5.84. The van der Waals surface area contributed by atoms with Crippen LogP contribution >= 0.6 is 12.4 Å². The largest absolute Gasteiger partial charge is 0.493 e.